The second-order valence-electron chi connectivity index (χ2n) is 8.82. The molecule has 0 heterocycles. The van der Waals surface area contributed by atoms with Crippen molar-refractivity contribution < 1.29 is 9.59 Å². The van der Waals surface area contributed by atoms with E-state index in [0.717, 1.165) is 18.3 Å². The lowest BCUT2D eigenvalue weighted by Gasteiger charge is -2.59. The predicted octanol–water partition coefficient (Wildman–Crippen LogP) is 4.17. The van der Waals surface area contributed by atoms with E-state index >= 15 is 0 Å². The molecule has 6 atom stereocenters. The van der Waals surface area contributed by atoms with Gasteiger partial charge in [-0.2, -0.15) is 0 Å². The highest BCUT2D eigenvalue weighted by atomic mass is 16.2. The molecule has 0 aromatic rings. The average molecular weight is 288 g/mol. The normalized spacial score (nSPS) is 53.0. The number of ketones is 2. The molecule has 116 valence electrons. The summed E-state index contributed by atoms with van der Waals surface area (Å²) in [5, 5.41) is 0. The molecule has 4 saturated carbocycles. The van der Waals surface area contributed by atoms with Gasteiger partial charge in [-0.05, 0) is 67.6 Å². The van der Waals surface area contributed by atoms with Crippen LogP contribution in [-0.2, 0) is 9.59 Å². The van der Waals surface area contributed by atoms with Crippen LogP contribution in [-0.4, -0.2) is 11.6 Å². The molecule has 21 heavy (non-hydrogen) atoms. The van der Waals surface area contributed by atoms with Gasteiger partial charge in [0.2, 0.25) is 5.78 Å². The second-order valence-corrected chi connectivity index (χ2v) is 8.82. The Morgan fingerprint density at radius 2 is 1.71 bits per heavy atom. The standard InChI is InChI=1S/C19H28O2/c1-18-9-4-3-5-12(18)6-7-13-14(18)8-10-19(2)15(13)11-16(20)17(19)21/h12-15H,3-11H2,1-2H3/t12?,13-,14+,15+,18+,19+/m1/s1. The highest BCUT2D eigenvalue weighted by molar-refractivity contribution is 6.41. The van der Waals surface area contributed by atoms with Crippen molar-refractivity contribution in [2.75, 3.05) is 0 Å². The van der Waals surface area contributed by atoms with Gasteiger partial charge in [0, 0.05) is 11.8 Å². The van der Waals surface area contributed by atoms with E-state index in [1.807, 2.05) is 0 Å². The highest BCUT2D eigenvalue weighted by Crippen LogP contribution is 2.64. The number of Topliss-reactive ketones (excluding diaryl/α,β-unsaturated/α-hetero) is 2. The molecule has 2 nitrogen and oxygen atoms in total. The number of hydrogen-bond acceptors (Lipinski definition) is 2. The molecule has 1 unspecified atom stereocenters. The Kier molecular flexibility index (Phi) is 2.94. The minimum absolute atomic E-state index is 0.0399. The van der Waals surface area contributed by atoms with Crippen molar-refractivity contribution >= 4 is 11.6 Å². The Hall–Kier alpha value is -0.660. The van der Waals surface area contributed by atoms with Crippen LogP contribution >= 0.6 is 0 Å². The van der Waals surface area contributed by atoms with Crippen molar-refractivity contribution in [3.63, 3.8) is 0 Å². The first-order chi connectivity index (χ1) is 9.97. The first kappa shape index (κ1) is 14.0. The molecule has 0 amide bonds. The third-order valence-corrected chi connectivity index (χ3v) is 8.15. The summed E-state index contributed by atoms with van der Waals surface area (Å²) in [5.41, 5.74) is 0.188. The fraction of sp³-hybridized carbons (Fsp3) is 0.895. The Bertz CT molecular complexity index is 496. The zero-order chi connectivity index (χ0) is 14.8. The summed E-state index contributed by atoms with van der Waals surface area (Å²) in [7, 11) is 0. The van der Waals surface area contributed by atoms with Crippen molar-refractivity contribution in [3.05, 3.63) is 0 Å². The van der Waals surface area contributed by atoms with Crippen molar-refractivity contribution in [2.45, 2.75) is 71.6 Å². The number of carbonyl (C=O) groups excluding carboxylic acids is 2. The van der Waals surface area contributed by atoms with Crippen LogP contribution in [0.2, 0.25) is 0 Å². The van der Waals surface area contributed by atoms with Crippen LogP contribution in [0.15, 0.2) is 0 Å². The molecule has 0 radical (unpaired) electrons. The number of hydrogen-bond donors (Lipinski definition) is 0. The Morgan fingerprint density at radius 3 is 2.52 bits per heavy atom. The maximum absolute atomic E-state index is 12.3. The molecular weight excluding hydrogens is 260 g/mol. The van der Waals surface area contributed by atoms with Crippen LogP contribution in [0.5, 0.6) is 0 Å². The van der Waals surface area contributed by atoms with E-state index < -0.39 is 0 Å². The number of fused-ring (bicyclic) bond motifs is 5. The van der Waals surface area contributed by atoms with Gasteiger partial charge < -0.3 is 0 Å². The molecule has 0 saturated heterocycles. The molecular formula is C19H28O2. The number of carbonyl (C=O) groups is 2. The SMILES string of the molecule is C[C@]12CCCCC1CC[C@@H]1[C@@H]2CC[C@]2(C)C(=O)C(=O)C[C@@H]12. The van der Waals surface area contributed by atoms with E-state index in [2.05, 4.69) is 13.8 Å². The largest absolute Gasteiger partial charge is 0.291 e. The zero-order valence-electron chi connectivity index (χ0n) is 13.5. The van der Waals surface area contributed by atoms with Gasteiger partial charge in [0.1, 0.15) is 0 Å². The number of rotatable bonds is 0. The summed E-state index contributed by atoms with van der Waals surface area (Å²) in [6, 6.07) is 0. The molecule has 2 heteroatoms. The van der Waals surface area contributed by atoms with E-state index in [-0.39, 0.29) is 17.0 Å². The van der Waals surface area contributed by atoms with E-state index in [4.69, 9.17) is 0 Å². The van der Waals surface area contributed by atoms with Crippen LogP contribution in [0.1, 0.15) is 71.6 Å². The second kappa shape index (κ2) is 4.43. The van der Waals surface area contributed by atoms with E-state index in [1.165, 1.54) is 44.9 Å². The van der Waals surface area contributed by atoms with E-state index in [0.29, 0.717) is 23.7 Å². The van der Waals surface area contributed by atoms with Gasteiger partial charge in [-0.15, -0.1) is 0 Å². The predicted molar refractivity (Wildman–Crippen MR) is 81.7 cm³/mol. The van der Waals surface area contributed by atoms with Gasteiger partial charge in [-0.25, -0.2) is 0 Å². The summed E-state index contributed by atoms with van der Waals surface area (Å²) in [4.78, 5) is 24.4. The average Bonchev–Trinajstić information content (AvgIpc) is 2.70. The molecule has 0 aliphatic heterocycles. The zero-order valence-corrected chi connectivity index (χ0v) is 13.5. The van der Waals surface area contributed by atoms with E-state index in [9.17, 15) is 9.59 Å². The molecule has 0 aromatic carbocycles. The lowest BCUT2D eigenvalue weighted by atomic mass is 9.45. The van der Waals surface area contributed by atoms with Gasteiger partial charge in [0.15, 0.2) is 5.78 Å². The molecule has 4 fully saturated rings. The van der Waals surface area contributed by atoms with Crippen molar-refractivity contribution in [2.24, 2.45) is 34.5 Å². The summed E-state index contributed by atoms with van der Waals surface area (Å²) < 4.78 is 0. The maximum atomic E-state index is 12.3. The minimum atomic E-state index is -0.309. The van der Waals surface area contributed by atoms with Gasteiger partial charge >= 0.3 is 0 Å². The maximum Gasteiger partial charge on any atom is 0.204 e. The Morgan fingerprint density at radius 1 is 0.905 bits per heavy atom. The Balaban J connectivity index is 1.68. The summed E-state index contributed by atoms with van der Waals surface area (Å²) in [5.74, 6) is 2.56. The van der Waals surface area contributed by atoms with Crippen molar-refractivity contribution in [1.29, 1.82) is 0 Å². The third kappa shape index (κ3) is 1.71. The fourth-order valence-electron chi connectivity index (χ4n) is 6.88. The molecule has 4 aliphatic rings. The van der Waals surface area contributed by atoms with Crippen molar-refractivity contribution in [1.82, 2.24) is 0 Å². The van der Waals surface area contributed by atoms with Gasteiger partial charge in [0.05, 0.1) is 0 Å². The third-order valence-electron chi connectivity index (χ3n) is 8.15. The van der Waals surface area contributed by atoms with Gasteiger partial charge in [0.25, 0.3) is 0 Å². The van der Waals surface area contributed by atoms with Crippen LogP contribution in [0.3, 0.4) is 0 Å². The topological polar surface area (TPSA) is 34.1 Å². The van der Waals surface area contributed by atoms with Crippen LogP contribution in [0, 0.1) is 34.5 Å². The van der Waals surface area contributed by atoms with Crippen molar-refractivity contribution in [3.8, 4) is 0 Å². The monoisotopic (exact) mass is 288 g/mol. The Labute approximate surface area is 128 Å². The molecule has 0 spiro atoms. The molecule has 0 aromatic heterocycles. The smallest absolute Gasteiger partial charge is 0.204 e. The summed E-state index contributed by atoms with van der Waals surface area (Å²) >= 11 is 0. The molecule has 4 aliphatic carbocycles. The highest BCUT2D eigenvalue weighted by Gasteiger charge is 2.61. The molecule has 0 bridgehead atoms. The lowest BCUT2D eigenvalue weighted by Crippen LogP contribution is -2.52. The summed E-state index contributed by atoms with van der Waals surface area (Å²) in [6.45, 7) is 4.63. The molecule has 4 rings (SSSR count). The lowest BCUT2D eigenvalue weighted by molar-refractivity contribution is -0.143. The molecule has 0 N–H and O–H groups in total. The van der Waals surface area contributed by atoms with Gasteiger partial charge in [-0.1, -0.05) is 26.7 Å². The van der Waals surface area contributed by atoms with E-state index in [1.54, 1.807) is 0 Å². The fourth-order valence-corrected chi connectivity index (χ4v) is 6.88. The quantitative estimate of drug-likeness (QED) is 0.627. The summed E-state index contributed by atoms with van der Waals surface area (Å²) in [6.07, 6.45) is 10.9. The first-order valence-corrected chi connectivity index (χ1v) is 9.04. The first-order valence-electron chi connectivity index (χ1n) is 9.04. The van der Waals surface area contributed by atoms with Crippen LogP contribution in [0.4, 0.5) is 0 Å². The van der Waals surface area contributed by atoms with Gasteiger partial charge in [-0.3, -0.25) is 9.59 Å². The van der Waals surface area contributed by atoms with Crippen LogP contribution < -0.4 is 0 Å². The minimum Gasteiger partial charge on any atom is -0.291 e. The van der Waals surface area contributed by atoms with Crippen LogP contribution in [0.25, 0.3) is 0 Å².